The van der Waals surface area contributed by atoms with Gasteiger partial charge in [-0.2, -0.15) is 0 Å². The van der Waals surface area contributed by atoms with E-state index in [0.29, 0.717) is 17.2 Å². The summed E-state index contributed by atoms with van der Waals surface area (Å²) in [6.07, 6.45) is 3.12. The van der Waals surface area contributed by atoms with E-state index in [1.54, 1.807) is 21.3 Å². The molecule has 1 aliphatic carbocycles. The minimum Gasteiger partial charge on any atom is -0.493 e. The van der Waals surface area contributed by atoms with E-state index in [0.717, 1.165) is 12.0 Å². The summed E-state index contributed by atoms with van der Waals surface area (Å²) in [5.41, 5.74) is 7.32. The van der Waals surface area contributed by atoms with Crippen molar-refractivity contribution >= 4 is 16.7 Å². The first kappa shape index (κ1) is 18.9. The Morgan fingerprint density at radius 1 is 0.621 bits per heavy atom. The zero-order valence-corrected chi connectivity index (χ0v) is 16.9. The molecule has 0 saturated carbocycles. The Morgan fingerprint density at radius 3 is 1.69 bits per heavy atom. The number of hydrogen-bond acceptors (Lipinski definition) is 3. The fourth-order valence-corrected chi connectivity index (χ4v) is 3.82. The van der Waals surface area contributed by atoms with Crippen molar-refractivity contribution in [1.82, 2.24) is 0 Å². The van der Waals surface area contributed by atoms with Crippen LogP contribution in [-0.2, 0) is 0 Å². The fourth-order valence-electron chi connectivity index (χ4n) is 3.82. The summed E-state index contributed by atoms with van der Waals surface area (Å²) in [6, 6.07) is 25.1. The van der Waals surface area contributed by atoms with Crippen molar-refractivity contribution in [3.63, 3.8) is 0 Å². The van der Waals surface area contributed by atoms with Crippen LogP contribution in [0.4, 0.5) is 0 Å². The van der Waals surface area contributed by atoms with Gasteiger partial charge in [0.05, 0.1) is 21.3 Å². The molecule has 146 valence electrons. The Labute approximate surface area is 171 Å². The van der Waals surface area contributed by atoms with Gasteiger partial charge >= 0.3 is 0 Å². The van der Waals surface area contributed by atoms with E-state index in [9.17, 15) is 0 Å². The van der Waals surface area contributed by atoms with Crippen LogP contribution in [0.1, 0.15) is 23.1 Å². The van der Waals surface area contributed by atoms with Crippen molar-refractivity contribution < 1.29 is 14.2 Å². The van der Waals surface area contributed by atoms with Gasteiger partial charge in [0.15, 0.2) is 11.5 Å². The van der Waals surface area contributed by atoms with Crippen LogP contribution in [0.15, 0.2) is 78.9 Å². The second kappa shape index (κ2) is 8.27. The van der Waals surface area contributed by atoms with E-state index in [-0.39, 0.29) is 0 Å². The van der Waals surface area contributed by atoms with Crippen molar-refractivity contribution in [1.29, 1.82) is 0 Å². The summed E-state index contributed by atoms with van der Waals surface area (Å²) >= 11 is 0. The largest absolute Gasteiger partial charge is 0.493 e. The van der Waals surface area contributed by atoms with E-state index >= 15 is 0 Å². The Morgan fingerprint density at radius 2 is 1.17 bits per heavy atom. The van der Waals surface area contributed by atoms with Crippen molar-refractivity contribution in [2.45, 2.75) is 6.42 Å². The average molecular weight is 384 g/mol. The molecule has 0 aliphatic heterocycles. The zero-order chi connectivity index (χ0) is 20.2. The van der Waals surface area contributed by atoms with Crippen LogP contribution in [0.5, 0.6) is 17.2 Å². The molecule has 0 amide bonds. The van der Waals surface area contributed by atoms with Crippen molar-refractivity contribution in [3.8, 4) is 17.2 Å². The quantitative estimate of drug-likeness (QED) is 0.513. The molecule has 0 N–H and O–H groups in total. The number of benzene rings is 3. The van der Waals surface area contributed by atoms with E-state index in [2.05, 4.69) is 60.7 Å². The highest BCUT2D eigenvalue weighted by Gasteiger charge is 2.22. The molecule has 4 rings (SSSR count). The lowest BCUT2D eigenvalue weighted by molar-refractivity contribution is 0.324. The van der Waals surface area contributed by atoms with Gasteiger partial charge in [0.25, 0.3) is 0 Å². The smallest absolute Gasteiger partial charge is 0.203 e. The topological polar surface area (TPSA) is 27.7 Å². The van der Waals surface area contributed by atoms with Gasteiger partial charge in [-0.25, -0.2) is 0 Å². The molecule has 29 heavy (non-hydrogen) atoms. The monoisotopic (exact) mass is 384 g/mol. The molecule has 0 spiro atoms. The SMILES string of the molecule is COc1cc(C2=CC(c3ccccc3)=C(c3ccccc3)C2)cc(OC)c1OC. The van der Waals surface area contributed by atoms with E-state index in [1.807, 2.05) is 18.2 Å². The molecule has 3 aromatic rings. The maximum absolute atomic E-state index is 5.56. The van der Waals surface area contributed by atoms with Gasteiger partial charge in [-0.15, -0.1) is 0 Å². The second-order valence-electron chi connectivity index (χ2n) is 6.88. The molecule has 0 unspecified atom stereocenters. The highest BCUT2D eigenvalue weighted by atomic mass is 16.5. The molecule has 0 saturated heterocycles. The molecule has 0 fully saturated rings. The van der Waals surface area contributed by atoms with Crippen LogP contribution < -0.4 is 14.2 Å². The Bertz CT molecular complexity index is 1040. The summed E-state index contributed by atoms with van der Waals surface area (Å²) in [7, 11) is 4.91. The van der Waals surface area contributed by atoms with Crippen molar-refractivity contribution in [3.05, 3.63) is 95.6 Å². The number of hydrogen-bond donors (Lipinski definition) is 0. The molecule has 0 bridgehead atoms. The molecular weight excluding hydrogens is 360 g/mol. The maximum atomic E-state index is 5.56. The first-order chi connectivity index (χ1) is 14.2. The lowest BCUT2D eigenvalue weighted by atomic mass is 9.95. The van der Waals surface area contributed by atoms with E-state index < -0.39 is 0 Å². The fraction of sp³-hybridized carbons (Fsp3) is 0.154. The van der Waals surface area contributed by atoms with E-state index in [4.69, 9.17) is 14.2 Å². The Hall–Kier alpha value is -3.46. The summed E-state index contributed by atoms with van der Waals surface area (Å²) in [5, 5.41) is 0. The third-order valence-electron chi connectivity index (χ3n) is 5.25. The third-order valence-corrected chi connectivity index (χ3v) is 5.25. The van der Waals surface area contributed by atoms with Gasteiger partial charge in [-0.3, -0.25) is 0 Å². The summed E-state index contributed by atoms with van der Waals surface area (Å²) in [6.45, 7) is 0. The highest BCUT2D eigenvalue weighted by Crippen LogP contribution is 2.46. The third kappa shape index (κ3) is 3.64. The molecule has 0 atom stereocenters. The maximum Gasteiger partial charge on any atom is 0.203 e. The normalized spacial score (nSPS) is 13.3. The zero-order valence-electron chi connectivity index (χ0n) is 16.9. The molecule has 1 aliphatic rings. The second-order valence-corrected chi connectivity index (χ2v) is 6.88. The van der Waals surface area contributed by atoms with Crippen molar-refractivity contribution in [2.75, 3.05) is 21.3 Å². The molecule has 0 aromatic heterocycles. The highest BCUT2D eigenvalue weighted by molar-refractivity contribution is 6.07. The van der Waals surface area contributed by atoms with Gasteiger partial charge in [-0.05, 0) is 58.0 Å². The predicted octanol–water partition coefficient (Wildman–Crippen LogP) is 6.11. The summed E-state index contributed by atoms with van der Waals surface area (Å²) < 4.78 is 16.6. The lowest BCUT2D eigenvalue weighted by Gasteiger charge is -2.15. The van der Waals surface area contributed by atoms with Crippen LogP contribution in [0, 0.1) is 0 Å². The van der Waals surface area contributed by atoms with Gasteiger partial charge < -0.3 is 14.2 Å². The molecule has 0 radical (unpaired) electrons. The van der Waals surface area contributed by atoms with Crippen molar-refractivity contribution in [2.24, 2.45) is 0 Å². The number of methoxy groups -OCH3 is 3. The van der Waals surface area contributed by atoms with Crippen LogP contribution in [0.25, 0.3) is 16.7 Å². The van der Waals surface area contributed by atoms with Crippen LogP contribution in [-0.4, -0.2) is 21.3 Å². The summed E-state index contributed by atoms with van der Waals surface area (Å²) in [5.74, 6) is 1.94. The van der Waals surface area contributed by atoms with Crippen LogP contribution >= 0.6 is 0 Å². The Kier molecular flexibility index (Phi) is 5.39. The predicted molar refractivity (Wildman–Crippen MR) is 118 cm³/mol. The summed E-state index contributed by atoms with van der Waals surface area (Å²) in [4.78, 5) is 0. The first-order valence-corrected chi connectivity index (χ1v) is 9.60. The molecule has 3 heteroatoms. The lowest BCUT2D eigenvalue weighted by Crippen LogP contribution is -1.97. The first-order valence-electron chi connectivity index (χ1n) is 9.60. The molecule has 3 aromatic carbocycles. The van der Waals surface area contributed by atoms with Gasteiger partial charge in [0, 0.05) is 0 Å². The average Bonchev–Trinajstić information content (AvgIpc) is 3.24. The number of allylic oxidation sites excluding steroid dienone is 4. The minimum atomic E-state index is 0.608. The molecular formula is C26H24O3. The van der Waals surface area contributed by atoms with Gasteiger partial charge in [0.2, 0.25) is 5.75 Å². The number of ether oxygens (including phenoxy) is 3. The Balaban J connectivity index is 1.82. The standard InChI is InChI=1S/C26H24O3/c1-27-24-16-21(17-25(28-2)26(24)29-3)20-14-22(18-10-6-4-7-11-18)23(15-20)19-12-8-5-9-13-19/h4-14,16-17H,15H2,1-3H3. The molecule has 3 nitrogen and oxygen atoms in total. The van der Waals surface area contributed by atoms with Gasteiger partial charge in [-0.1, -0.05) is 60.7 Å². The van der Waals surface area contributed by atoms with Crippen LogP contribution in [0.3, 0.4) is 0 Å². The molecule has 0 heterocycles. The minimum absolute atomic E-state index is 0.608. The van der Waals surface area contributed by atoms with E-state index in [1.165, 1.54) is 27.8 Å². The van der Waals surface area contributed by atoms with Gasteiger partial charge in [0.1, 0.15) is 0 Å². The van der Waals surface area contributed by atoms with Crippen LogP contribution in [0.2, 0.25) is 0 Å². The number of rotatable bonds is 6.